The number of halogens is 1. The maximum absolute atomic E-state index is 12.9. The van der Waals surface area contributed by atoms with E-state index >= 15 is 0 Å². The third kappa shape index (κ3) is 2.93. The Morgan fingerprint density at radius 3 is 2.60 bits per heavy atom. The van der Waals surface area contributed by atoms with Crippen molar-refractivity contribution in [2.45, 2.75) is 31.2 Å². The van der Waals surface area contributed by atoms with Crippen molar-refractivity contribution in [1.82, 2.24) is 10.2 Å². The Morgan fingerprint density at radius 1 is 1.40 bits per heavy atom. The van der Waals surface area contributed by atoms with Crippen molar-refractivity contribution in [3.05, 3.63) is 29.6 Å². The third-order valence-corrected chi connectivity index (χ3v) is 4.27. The van der Waals surface area contributed by atoms with Crippen LogP contribution in [0.1, 0.15) is 36.0 Å². The Kier molecular flexibility index (Phi) is 4.28. The van der Waals surface area contributed by atoms with Crippen molar-refractivity contribution >= 4 is 5.91 Å². The first-order valence-corrected chi connectivity index (χ1v) is 6.89. The summed E-state index contributed by atoms with van der Waals surface area (Å²) in [6.45, 7) is 0.537. The molecule has 0 atom stereocenters. The van der Waals surface area contributed by atoms with Gasteiger partial charge in [-0.05, 0) is 39.1 Å². The Balaban J connectivity index is 2.04. The summed E-state index contributed by atoms with van der Waals surface area (Å²) in [6.07, 6.45) is 4.43. The summed E-state index contributed by atoms with van der Waals surface area (Å²) in [5.41, 5.74) is 0.101. The minimum absolute atomic E-state index is 0.00862. The summed E-state index contributed by atoms with van der Waals surface area (Å²) in [5, 5.41) is 12.5. The highest BCUT2D eigenvalue weighted by molar-refractivity contribution is 5.96. The molecule has 0 spiro atoms. The fraction of sp³-hybridized carbons (Fsp3) is 0.533. The van der Waals surface area contributed by atoms with Crippen LogP contribution in [0.4, 0.5) is 4.39 Å². The first-order valence-electron chi connectivity index (χ1n) is 6.89. The topological polar surface area (TPSA) is 52.6 Å². The summed E-state index contributed by atoms with van der Waals surface area (Å²) in [4.78, 5) is 14.2. The van der Waals surface area contributed by atoms with Crippen LogP contribution in [-0.2, 0) is 0 Å². The predicted octanol–water partition coefficient (Wildman–Crippen LogP) is 2.14. The smallest absolute Gasteiger partial charge is 0.255 e. The molecule has 1 amide bonds. The van der Waals surface area contributed by atoms with Crippen LogP contribution >= 0.6 is 0 Å². The van der Waals surface area contributed by atoms with E-state index in [-0.39, 0.29) is 22.8 Å². The summed E-state index contributed by atoms with van der Waals surface area (Å²) < 4.78 is 12.9. The monoisotopic (exact) mass is 280 g/mol. The number of hydrogen-bond donors (Lipinski definition) is 2. The van der Waals surface area contributed by atoms with Crippen molar-refractivity contribution in [1.29, 1.82) is 0 Å². The molecular formula is C15H21FN2O2. The quantitative estimate of drug-likeness (QED) is 0.888. The van der Waals surface area contributed by atoms with Gasteiger partial charge in [0, 0.05) is 18.2 Å². The number of hydrogen-bond acceptors (Lipinski definition) is 3. The second-order valence-corrected chi connectivity index (χ2v) is 5.67. The van der Waals surface area contributed by atoms with Crippen molar-refractivity contribution in [3.63, 3.8) is 0 Å². The highest BCUT2D eigenvalue weighted by Gasteiger charge is 2.36. The van der Waals surface area contributed by atoms with Crippen molar-refractivity contribution in [2.24, 2.45) is 0 Å². The molecule has 1 aromatic rings. The van der Waals surface area contributed by atoms with E-state index in [1.807, 2.05) is 14.1 Å². The highest BCUT2D eigenvalue weighted by atomic mass is 19.1. The number of carbonyl (C=O) groups is 1. The van der Waals surface area contributed by atoms with Crippen LogP contribution in [0, 0.1) is 5.82 Å². The van der Waals surface area contributed by atoms with Gasteiger partial charge in [0.1, 0.15) is 11.6 Å². The fourth-order valence-electron chi connectivity index (χ4n) is 2.85. The van der Waals surface area contributed by atoms with Gasteiger partial charge in [0.15, 0.2) is 0 Å². The number of nitrogens with zero attached hydrogens (tertiary/aromatic N) is 1. The minimum Gasteiger partial charge on any atom is -0.507 e. The second-order valence-electron chi connectivity index (χ2n) is 5.67. The van der Waals surface area contributed by atoms with E-state index in [1.165, 1.54) is 12.1 Å². The Bertz CT molecular complexity index is 497. The van der Waals surface area contributed by atoms with E-state index in [9.17, 15) is 14.3 Å². The number of phenols is 1. The van der Waals surface area contributed by atoms with Gasteiger partial charge in [-0.1, -0.05) is 12.8 Å². The Labute approximate surface area is 118 Å². The molecule has 1 aliphatic carbocycles. The summed E-state index contributed by atoms with van der Waals surface area (Å²) >= 11 is 0. The predicted molar refractivity (Wildman–Crippen MR) is 75.3 cm³/mol. The lowest BCUT2D eigenvalue weighted by molar-refractivity contribution is 0.0897. The lowest BCUT2D eigenvalue weighted by Crippen LogP contribution is -2.50. The largest absolute Gasteiger partial charge is 0.507 e. The van der Waals surface area contributed by atoms with E-state index in [1.54, 1.807) is 0 Å². The van der Waals surface area contributed by atoms with Crippen molar-refractivity contribution < 1.29 is 14.3 Å². The number of likely N-dealkylation sites (N-methyl/N-ethyl adjacent to an activating group) is 1. The van der Waals surface area contributed by atoms with Crippen LogP contribution in [0.5, 0.6) is 5.75 Å². The molecule has 1 aliphatic rings. The van der Waals surface area contributed by atoms with Crippen LogP contribution in [0.25, 0.3) is 0 Å². The number of aromatic hydroxyl groups is 1. The molecule has 0 aliphatic heterocycles. The molecule has 110 valence electrons. The molecule has 1 saturated carbocycles. The SMILES string of the molecule is CN(C)C1(CNC(=O)c2ccc(F)cc2O)CCCC1. The van der Waals surface area contributed by atoms with Gasteiger partial charge >= 0.3 is 0 Å². The maximum Gasteiger partial charge on any atom is 0.255 e. The molecule has 0 saturated heterocycles. The van der Waals surface area contributed by atoms with Gasteiger partial charge in [-0.3, -0.25) is 4.79 Å². The first kappa shape index (κ1) is 14.8. The molecule has 0 unspecified atom stereocenters. The summed E-state index contributed by atoms with van der Waals surface area (Å²) in [6, 6.07) is 3.43. The lowest BCUT2D eigenvalue weighted by Gasteiger charge is -2.36. The number of nitrogens with one attached hydrogen (secondary N) is 1. The number of amides is 1. The molecule has 0 bridgehead atoms. The average Bonchev–Trinajstić information content (AvgIpc) is 2.86. The first-order chi connectivity index (χ1) is 9.44. The van der Waals surface area contributed by atoms with Gasteiger partial charge in [-0.15, -0.1) is 0 Å². The summed E-state index contributed by atoms with van der Waals surface area (Å²) in [5.74, 6) is -1.25. The summed E-state index contributed by atoms with van der Waals surface area (Å²) in [7, 11) is 4.04. The van der Waals surface area contributed by atoms with Crippen LogP contribution in [0.2, 0.25) is 0 Å². The van der Waals surface area contributed by atoms with E-state index in [0.717, 1.165) is 31.7 Å². The fourth-order valence-corrected chi connectivity index (χ4v) is 2.85. The number of rotatable bonds is 4. The molecule has 0 radical (unpaired) electrons. The molecule has 1 fully saturated rings. The molecule has 2 rings (SSSR count). The number of benzene rings is 1. The molecule has 0 heterocycles. The zero-order valence-corrected chi connectivity index (χ0v) is 11.9. The lowest BCUT2D eigenvalue weighted by atomic mass is 9.96. The van der Waals surface area contributed by atoms with Crippen LogP contribution in [0.15, 0.2) is 18.2 Å². The van der Waals surface area contributed by atoms with Gasteiger partial charge in [-0.2, -0.15) is 0 Å². The minimum atomic E-state index is -0.556. The van der Waals surface area contributed by atoms with E-state index < -0.39 is 5.82 Å². The number of phenolic OH excluding ortho intramolecular Hbond substituents is 1. The molecule has 20 heavy (non-hydrogen) atoms. The normalized spacial score (nSPS) is 17.4. The third-order valence-electron chi connectivity index (χ3n) is 4.27. The highest BCUT2D eigenvalue weighted by Crippen LogP contribution is 2.33. The Morgan fingerprint density at radius 2 is 2.05 bits per heavy atom. The van der Waals surface area contributed by atoms with Crippen LogP contribution in [0.3, 0.4) is 0 Å². The molecule has 5 heteroatoms. The zero-order chi connectivity index (χ0) is 14.8. The average molecular weight is 280 g/mol. The zero-order valence-electron chi connectivity index (χ0n) is 11.9. The van der Waals surface area contributed by atoms with E-state index in [0.29, 0.717) is 6.54 Å². The number of carbonyl (C=O) groups excluding carboxylic acids is 1. The molecule has 2 N–H and O–H groups in total. The standard InChI is InChI=1S/C15H21FN2O2/c1-18(2)15(7-3-4-8-15)10-17-14(20)12-6-5-11(16)9-13(12)19/h5-6,9,19H,3-4,7-8,10H2,1-2H3,(H,17,20). The van der Waals surface area contributed by atoms with E-state index in [2.05, 4.69) is 10.2 Å². The second kappa shape index (κ2) is 5.79. The Hall–Kier alpha value is -1.62. The maximum atomic E-state index is 12.9. The van der Waals surface area contributed by atoms with Crippen molar-refractivity contribution in [2.75, 3.05) is 20.6 Å². The van der Waals surface area contributed by atoms with Gasteiger partial charge in [0.25, 0.3) is 5.91 Å². The molecule has 0 aromatic heterocycles. The van der Waals surface area contributed by atoms with Gasteiger partial charge in [0.05, 0.1) is 5.56 Å². The van der Waals surface area contributed by atoms with Gasteiger partial charge in [0.2, 0.25) is 0 Å². The van der Waals surface area contributed by atoms with Crippen LogP contribution in [-0.4, -0.2) is 42.1 Å². The molecule has 4 nitrogen and oxygen atoms in total. The van der Waals surface area contributed by atoms with E-state index in [4.69, 9.17) is 0 Å². The van der Waals surface area contributed by atoms with Crippen LogP contribution < -0.4 is 5.32 Å². The van der Waals surface area contributed by atoms with Crippen molar-refractivity contribution in [3.8, 4) is 5.75 Å². The van der Waals surface area contributed by atoms with Gasteiger partial charge in [-0.25, -0.2) is 4.39 Å². The molecule has 1 aromatic carbocycles. The molecular weight excluding hydrogens is 259 g/mol. The van der Waals surface area contributed by atoms with Gasteiger partial charge < -0.3 is 15.3 Å².